The standard InChI is InChI=1S/C14H18ClNO2/c1-10(2)18-12-5-3-11(4-6-12)13(17)16-14(9-15)7-8-14/h3-6,10H,7-9H2,1-2H3,(H,16,17). The number of carbonyl (C=O) groups excluding carboxylic acids is 1. The minimum absolute atomic E-state index is 0.0655. The third-order valence-electron chi connectivity index (χ3n) is 2.98. The quantitative estimate of drug-likeness (QED) is 0.833. The van der Waals surface area contributed by atoms with Crippen LogP contribution in [-0.2, 0) is 0 Å². The Kier molecular flexibility index (Phi) is 3.81. The van der Waals surface area contributed by atoms with Crippen molar-refractivity contribution in [3.8, 4) is 5.75 Å². The zero-order chi connectivity index (χ0) is 13.2. The van der Waals surface area contributed by atoms with Crippen molar-refractivity contribution in [3.63, 3.8) is 0 Å². The van der Waals surface area contributed by atoms with Crippen LogP contribution in [0.1, 0.15) is 37.0 Å². The number of alkyl halides is 1. The molecule has 1 aromatic carbocycles. The molecule has 0 unspecified atom stereocenters. The Morgan fingerprint density at radius 2 is 2.00 bits per heavy atom. The van der Waals surface area contributed by atoms with Gasteiger partial charge in [-0.05, 0) is 51.0 Å². The molecule has 0 atom stereocenters. The van der Waals surface area contributed by atoms with Gasteiger partial charge in [0, 0.05) is 11.4 Å². The van der Waals surface area contributed by atoms with Gasteiger partial charge < -0.3 is 10.1 Å². The molecule has 0 spiro atoms. The third kappa shape index (κ3) is 3.16. The number of carbonyl (C=O) groups is 1. The molecule has 1 aromatic rings. The summed E-state index contributed by atoms with van der Waals surface area (Å²) in [5.74, 6) is 1.19. The Balaban J connectivity index is 1.98. The Morgan fingerprint density at radius 3 is 2.44 bits per heavy atom. The van der Waals surface area contributed by atoms with E-state index >= 15 is 0 Å². The van der Waals surface area contributed by atoms with Crippen LogP contribution in [-0.4, -0.2) is 23.4 Å². The second-order valence-corrected chi connectivity index (χ2v) is 5.33. The summed E-state index contributed by atoms with van der Waals surface area (Å²) in [7, 11) is 0. The molecule has 1 aliphatic rings. The van der Waals surface area contributed by atoms with E-state index in [2.05, 4.69) is 5.32 Å². The topological polar surface area (TPSA) is 38.3 Å². The molecule has 0 bridgehead atoms. The number of rotatable bonds is 5. The van der Waals surface area contributed by atoms with Crippen LogP contribution in [0.15, 0.2) is 24.3 Å². The van der Waals surface area contributed by atoms with Crippen LogP contribution >= 0.6 is 11.6 Å². The SMILES string of the molecule is CC(C)Oc1ccc(C(=O)NC2(CCl)CC2)cc1. The van der Waals surface area contributed by atoms with E-state index in [9.17, 15) is 4.79 Å². The first-order chi connectivity index (χ1) is 8.54. The zero-order valence-electron chi connectivity index (χ0n) is 10.7. The lowest BCUT2D eigenvalue weighted by molar-refractivity contribution is 0.0936. The molecule has 0 aliphatic heterocycles. The van der Waals surface area contributed by atoms with Gasteiger partial charge in [0.2, 0.25) is 0 Å². The highest BCUT2D eigenvalue weighted by molar-refractivity contribution is 6.19. The average Bonchev–Trinajstić information content (AvgIpc) is 3.09. The fraction of sp³-hybridized carbons (Fsp3) is 0.500. The molecular formula is C14H18ClNO2. The van der Waals surface area contributed by atoms with E-state index in [1.54, 1.807) is 12.1 Å². The molecule has 1 amide bonds. The van der Waals surface area contributed by atoms with Gasteiger partial charge in [0.25, 0.3) is 5.91 Å². The number of ether oxygens (including phenoxy) is 1. The van der Waals surface area contributed by atoms with Crippen LogP contribution in [0.25, 0.3) is 0 Å². The Morgan fingerprint density at radius 1 is 1.39 bits per heavy atom. The molecular weight excluding hydrogens is 250 g/mol. The summed E-state index contributed by atoms with van der Waals surface area (Å²) in [6.45, 7) is 3.94. The van der Waals surface area contributed by atoms with Crippen LogP contribution in [0.2, 0.25) is 0 Å². The first-order valence-corrected chi connectivity index (χ1v) is 6.73. The van der Waals surface area contributed by atoms with E-state index in [0.717, 1.165) is 18.6 Å². The van der Waals surface area contributed by atoms with E-state index in [0.29, 0.717) is 11.4 Å². The molecule has 98 valence electrons. The minimum atomic E-state index is -0.161. The molecule has 0 saturated heterocycles. The number of nitrogens with one attached hydrogen (secondary N) is 1. The van der Waals surface area contributed by atoms with E-state index in [1.165, 1.54) is 0 Å². The smallest absolute Gasteiger partial charge is 0.251 e. The van der Waals surface area contributed by atoms with Gasteiger partial charge in [0.05, 0.1) is 11.6 Å². The molecule has 1 fully saturated rings. The maximum absolute atomic E-state index is 12.0. The minimum Gasteiger partial charge on any atom is -0.491 e. The number of benzene rings is 1. The van der Waals surface area contributed by atoms with Crippen molar-refractivity contribution >= 4 is 17.5 Å². The molecule has 1 saturated carbocycles. The van der Waals surface area contributed by atoms with Crippen LogP contribution in [0.3, 0.4) is 0 Å². The first-order valence-electron chi connectivity index (χ1n) is 6.20. The maximum Gasteiger partial charge on any atom is 0.251 e. The van der Waals surface area contributed by atoms with Gasteiger partial charge in [0.1, 0.15) is 5.75 Å². The monoisotopic (exact) mass is 267 g/mol. The summed E-state index contributed by atoms with van der Waals surface area (Å²) in [4.78, 5) is 12.0. The van der Waals surface area contributed by atoms with Crippen LogP contribution in [0.4, 0.5) is 0 Å². The summed E-state index contributed by atoms with van der Waals surface area (Å²) >= 11 is 5.84. The van der Waals surface area contributed by atoms with Gasteiger partial charge in [-0.1, -0.05) is 0 Å². The summed E-state index contributed by atoms with van der Waals surface area (Å²) < 4.78 is 5.53. The summed E-state index contributed by atoms with van der Waals surface area (Å²) in [5.41, 5.74) is 0.480. The molecule has 0 aromatic heterocycles. The Bertz CT molecular complexity index is 424. The van der Waals surface area contributed by atoms with Crippen molar-refractivity contribution in [2.24, 2.45) is 0 Å². The van der Waals surface area contributed by atoms with E-state index in [1.807, 2.05) is 26.0 Å². The molecule has 0 heterocycles. The van der Waals surface area contributed by atoms with Crippen molar-refractivity contribution in [3.05, 3.63) is 29.8 Å². The van der Waals surface area contributed by atoms with E-state index in [-0.39, 0.29) is 17.6 Å². The molecule has 1 N–H and O–H groups in total. The molecule has 1 aliphatic carbocycles. The molecule has 18 heavy (non-hydrogen) atoms. The zero-order valence-corrected chi connectivity index (χ0v) is 11.5. The number of hydrogen-bond donors (Lipinski definition) is 1. The van der Waals surface area contributed by atoms with E-state index < -0.39 is 0 Å². The van der Waals surface area contributed by atoms with Crippen molar-refractivity contribution in [2.75, 3.05) is 5.88 Å². The third-order valence-corrected chi connectivity index (χ3v) is 3.49. The lowest BCUT2D eigenvalue weighted by atomic mass is 10.2. The second-order valence-electron chi connectivity index (χ2n) is 5.06. The predicted molar refractivity (Wildman–Crippen MR) is 72.4 cm³/mol. The lowest BCUT2D eigenvalue weighted by Gasteiger charge is -2.14. The van der Waals surface area contributed by atoms with Crippen LogP contribution in [0.5, 0.6) is 5.75 Å². The Hall–Kier alpha value is -1.22. The highest BCUT2D eigenvalue weighted by Crippen LogP contribution is 2.36. The van der Waals surface area contributed by atoms with Crippen LogP contribution in [0, 0.1) is 0 Å². The van der Waals surface area contributed by atoms with Crippen molar-refractivity contribution in [2.45, 2.75) is 38.3 Å². The van der Waals surface area contributed by atoms with E-state index in [4.69, 9.17) is 16.3 Å². The van der Waals surface area contributed by atoms with Crippen molar-refractivity contribution < 1.29 is 9.53 Å². The molecule has 4 heteroatoms. The highest BCUT2D eigenvalue weighted by Gasteiger charge is 2.43. The van der Waals surface area contributed by atoms with Gasteiger partial charge in [-0.2, -0.15) is 0 Å². The maximum atomic E-state index is 12.0. The predicted octanol–water partition coefficient (Wildman–Crippen LogP) is 2.98. The van der Waals surface area contributed by atoms with Gasteiger partial charge in [-0.3, -0.25) is 4.79 Å². The summed E-state index contributed by atoms with van der Waals surface area (Å²) in [6.07, 6.45) is 2.07. The second kappa shape index (κ2) is 5.19. The fourth-order valence-electron chi connectivity index (χ4n) is 1.71. The van der Waals surface area contributed by atoms with Gasteiger partial charge in [-0.15, -0.1) is 11.6 Å². The van der Waals surface area contributed by atoms with Gasteiger partial charge >= 0.3 is 0 Å². The normalized spacial score (nSPS) is 16.4. The van der Waals surface area contributed by atoms with Gasteiger partial charge in [0.15, 0.2) is 0 Å². The fourth-order valence-corrected chi connectivity index (χ4v) is 2.05. The average molecular weight is 268 g/mol. The largest absolute Gasteiger partial charge is 0.491 e. The Labute approximate surface area is 112 Å². The number of hydrogen-bond acceptors (Lipinski definition) is 2. The number of amides is 1. The summed E-state index contributed by atoms with van der Waals surface area (Å²) in [6, 6.07) is 7.18. The summed E-state index contributed by atoms with van der Waals surface area (Å²) in [5, 5.41) is 2.98. The highest BCUT2D eigenvalue weighted by atomic mass is 35.5. The van der Waals surface area contributed by atoms with Crippen LogP contribution < -0.4 is 10.1 Å². The van der Waals surface area contributed by atoms with Crippen molar-refractivity contribution in [1.29, 1.82) is 0 Å². The molecule has 0 radical (unpaired) electrons. The van der Waals surface area contributed by atoms with Crippen molar-refractivity contribution in [1.82, 2.24) is 5.32 Å². The first kappa shape index (κ1) is 13.2. The molecule has 3 nitrogen and oxygen atoms in total. The van der Waals surface area contributed by atoms with Gasteiger partial charge in [-0.25, -0.2) is 0 Å². The lowest BCUT2D eigenvalue weighted by Crippen LogP contribution is -2.38. The number of halogens is 1. The molecule has 2 rings (SSSR count).